The molecular formula is C16H16N2OS. The summed E-state index contributed by atoms with van der Waals surface area (Å²) in [6, 6.07) is 15.7. The van der Waals surface area contributed by atoms with E-state index in [1.165, 1.54) is 5.56 Å². The quantitative estimate of drug-likeness (QED) is 0.849. The van der Waals surface area contributed by atoms with Gasteiger partial charge < -0.3 is 10.6 Å². The molecule has 0 aromatic heterocycles. The molecule has 1 amide bonds. The Morgan fingerprint density at radius 3 is 2.75 bits per heavy atom. The Hall–Kier alpha value is -1.94. The number of amides is 1. The van der Waals surface area contributed by atoms with Crippen LogP contribution in [0.3, 0.4) is 0 Å². The molecule has 3 rings (SSSR count). The fourth-order valence-corrected chi connectivity index (χ4v) is 2.98. The highest BCUT2D eigenvalue weighted by Crippen LogP contribution is 2.28. The molecule has 20 heavy (non-hydrogen) atoms. The molecule has 1 atom stereocenters. The molecule has 0 radical (unpaired) electrons. The largest absolute Gasteiger partial charge is 0.373 e. The van der Waals surface area contributed by atoms with E-state index in [1.54, 1.807) is 11.8 Å². The number of hydrogen-bond acceptors (Lipinski definition) is 3. The van der Waals surface area contributed by atoms with Gasteiger partial charge in [-0.25, -0.2) is 0 Å². The molecule has 2 aromatic carbocycles. The molecular weight excluding hydrogens is 268 g/mol. The monoisotopic (exact) mass is 284 g/mol. The van der Waals surface area contributed by atoms with Crippen molar-refractivity contribution < 1.29 is 4.79 Å². The lowest BCUT2D eigenvalue weighted by Crippen LogP contribution is -2.32. The van der Waals surface area contributed by atoms with Crippen molar-refractivity contribution in [1.82, 2.24) is 0 Å². The molecule has 0 fully saturated rings. The van der Waals surface area contributed by atoms with Crippen LogP contribution in [0.1, 0.15) is 5.56 Å². The number of carbonyl (C=O) groups excluding carboxylic acids is 1. The van der Waals surface area contributed by atoms with E-state index in [2.05, 4.69) is 16.7 Å². The highest BCUT2D eigenvalue weighted by molar-refractivity contribution is 7.98. The third-order valence-electron chi connectivity index (χ3n) is 3.45. The highest BCUT2D eigenvalue weighted by Gasteiger charge is 2.26. The minimum Gasteiger partial charge on any atom is -0.373 e. The van der Waals surface area contributed by atoms with Gasteiger partial charge in [0, 0.05) is 17.0 Å². The number of hydrogen-bond donors (Lipinski definition) is 2. The topological polar surface area (TPSA) is 41.1 Å². The van der Waals surface area contributed by atoms with Crippen molar-refractivity contribution in [2.45, 2.75) is 17.4 Å². The Balaban J connectivity index is 1.72. The Morgan fingerprint density at radius 2 is 1.95 bits per heavy atom. The van der Waals surface area contributed by atoms with Crippen LogP contribution in [0.25, 0.3) is 0 Å². The Labute approximate surface area is 122 Å². The minimum absolute atomic E-state index is 0.0164. The summed E-state index contributed by atoms with van der Waals surface area (Å²) < 4.78 is 0. The van der Waals surface area contributed by atoms with Crippen molar-refractivity contribution >= 4 is 29.0 Å². The summed E-state index contributed by atoms with van der Waals surface area (Å²) in [5, 5.41) is 6.29. The number of rotatable bonds is 3. The summed E-state index contributed by atoms with van der Waals surface area (Å²) in [6.45, 7) is 0. The van der Waals surface area contributed by atoms with Gasteiger partial charge in [0.15, 0.2) is 0 Å². The van der Waals surface area contributed by atoms with Crippen LogP contribution in [0.5, 0.6) is 0 Å². The SMILES string of the molecule is CSc1ccccc1NC(=O)[C@@H]1Cc2ccccc2N1. The number of para-hydroxylation sites is 2. The molecule has 3 nitrogen and oxygen atoms in total. The molecule has 0 unspecified atom stereocenters. The first-order chi connectivity index (χ1) is 9.78. The molecule has 1 aliphatic heterocycles. The summed E-state index contributed by atoms with van der Waals surface area (Å²) in [7, 11) is 0. The second kappa shape index (κ2) is 5.59. The number of fused-ring (bicyclic) bond motifs is 1. The molecule has 4 heteroatoms. The number of benzene rings is 2. The van der Waals surface area contributed by atoms with Gasteiger partial charge in [-0.1, -0.05) is 30.3 Å². The van der Waals surface area contributed by atoms with Crippen molar-refractivity contribution in [2.24, 2.45) is 0 Å². The summed E-state index contributed by atoms with van der Waals surface area (Å²) in [5.74, 6) is 0.0164. The smallest absolute Gasteiger partial charge is 0.247 e. The van der Waals surface area contributed by atoms with Crippen LogP contribution >= 0.6 is 11.8 Å². The van der Waals surface area contributed by atoms with Gasteiger partial charge in [-0.2, -0.15) is 0 Å². The van der Waals surface area contributed by atoms with Gasteiger partial charge in [0.2, 0.25) is 5.91 Å². The standard InChI is InChI=1S/C16H16N2OS/c1-20-15-9-5-4-8-13(15)18-16(19)14-10-11-6-2-3-7-12(11)17-14/h2-9,14,17H,10H2,1H3,(H,18,19)/t14-/m0/s1. The zero-order chi connectivity index (χ0) is 13.9. The van der Waals surface area contributed by atoms with E-state index in [4.69, 9.17) is 0 Å². The zero-order valence-electron chi connectivity index (χ0n) is 11.2. The summed E-state index contributed by atoms with van der Waals surface area (Å²) >= 11 is 1.63. The minimum atomic E-state index is -0.192. The van der Waals surface area contributed by atoms with E-state index in [9.17, 15) is 4.79 Å². The fourth-order valence-electron chi connectivity index (χ4n) is 2.42. The highest BCUT2D eigenvalue weighted by atomic mass is 32.2. The third-order valence-corrected chi connectivity index (χ3v) is 4.25. The zero-order valence-corrected chi connectivity index (χ0v) is 12.0. The maximum absolute atomic E-state index is 12.4. The second-order valence-electron chi connectivity index (χ2n) is 4.75. The number of nitrogens with one attached hydrogen (secondary N) is 2. The molecule has 102 valence electrons. The number of carbonyl (C=O) groups is 1. The third kappa shape index (κ3) is 2.51. The Morgan fingerprint density at radius 1 is 1.20 bits per heavy atom. The molecule has 0 spiro atoms. The average Bonchev–Trinajstić information content (AvgIpc) is 2.92. The van der Waals surface area contributed by atoms with Crippen LogP contribution in [0.15, 0.2) is 53.4 Å². The molecule has 1 heterocycles. The first kappa shape index (κ1) is 13.1. The van der Waals surface area contributed by atoms with Gasteiger partial charge >= 0.3 is 0 Å². The van der Waals surface area contributed by atoms with Crippen molar-refractivity contribution in [2.75, 3.05) is 16.9 Å². The summed E-state index contributed by atoms with van der Waals surface area (Å²) in [5.41, 5.74) is 3.14. The number of anilines is 2. The molecule has 2 aromatic rings. The van der Waals surface area contributed by atoms with Crippen LogP contribution < -0.4 is 10.6 Å². The van der Waals surface area contributed by atoms with E-state index < -0.39 is 0 Å². The van der Waals surface area contributed by atoms with Crippen molar-refractivity contribution in [3.63, 3.8) is 0 Å². The summed E-state index contributed by atoms with van der Waals surface area (Å²) in [6.07, 6.45) is 2.75. The van der Waals surface area contributed by atoms with Gasteiger partial charge in [-0.05, 0) is 30.0 Å². The van der Waals surface area contributed by atoms with Gasteiger partial charge in [-0.15, -0.1) is 11.8 Å². The van der Waals surface area contributed by atoms with E-state index in [-0.39, 0.29) is 11.9 Å². The lowest BCUT2D eigenvalue weighted by atomic mass is 10.1. The van der Waals surface area contributed by atoms with Gasteiger partial charge in [0.25, 0.3) is 0 Å². The number of thioether (sulfide) groups is 1. The predicted octanol–water partition coefficient (Wildman–Crippen LogP) is 3.38. The van der Waals surface area contributed by atoms with E-state index in [0.717, 1.165) is 22.7 Å². The van der Waals surface area contributed by atoms with E-state index in [1.807, 2.05) is 48.7 Å². The first-order valence-corrected chi connectivity index (χ1v) is 7.79. The molecule has 0 saturated carbocycles. The van der Waals surface area contributed by atoms with Crippen LogP contribution in [-0.2, 0) is 11.2 Å². The first-order valence-electron chi connectivity index (χ1n) is 6.56. The molecule has 0 bridgehead atoms. The van der Waals surface area contributed by atoms with Gasteiger partial charge in [0.05, 0.1) is 5.69 Å². The maximum Gasteiger partial charge on any atom is 0.247 e. The van der Waals surface area contributed by atoms with E-state index >= 15 is 0 Å². The summed E-state index contributed by atoms with van der Waals surface area (Å²) in [4.78, 5) is 13.4. The Kier molecular flexibility index (Phi) is 3.65. The molecule has 1 aliphatic rings. The normalized spacial score (nSPS) is 16.4. The van der Waals surface area contributed by atoms with Crippen LogP contribution in [0, 0.1) is 0 Å². The van der Waals surface area contributed by atoms with Crippen molar-refractivity contribution in [3.8, 4) is 0 Å². The van der Waals surface area contributed by atoms with Crippen molar-refractivity contribution in [1.29, 1.82) is 0 Å². The lowest BCUT2D eigenvalue weighted by Gasteiger charge is -2.14. The van der Waals surface area contributed by atoms with E-state index in [0.29, 0.717) is 0 Å². The second-order valence-corrected chi connectivity index (χ2v) is 5.60. The molecule has 2 N–H and O–H groups in total. The van der Waals surface area contributed by atoms with Crippen molar-refractivity contribution in [3.05, 3.63) is 54.1 Å². The van der Waals surface area contributed by atoms with Crippen LogP contribution in [0.2, 0.25) is 0 Å². The molecule has 0 saturated heterocycles. The lowest BCUT2D eigenvalue weighted by molar-refractivity contribution is -0.116. The predicted molar refractivity (Wildman–Crippen MR) is 84.4 cm³/mol. The van der Waals surface area contributed by atoms with Gasteiger partial charge in [-0.3, -0.25) is 4.79 Å². The van der Waals surface area contributed by atoms with Crippen LogP contribution in [0.4, 0.5) is 11.4 Å². The van der Waals surface area contributed by atoms with Gasteiger partial charge in [0.1, 0.15) is 6.04 Å². The fraction of sp³-hybridized carbons (Fsp3) is 0.188. The maximum atomic E-state index is 12.4. The molecule has 0 aliphatic carbocycles. The Bertz CT molecular complexity index is 617. The average molecular weight is 284 g/mol. The van der Waals surface area contributed by atoms with Crippen LogP contribution in [-0.4, -0.2) is 18.2 Å².